The molecule has 7 heteroatoms. The molecule has 2 aromatic carbocycles. The summed E-state index contributed by atoms with van der Waals surface area (Å²) in [6.07, 6.45) is 1.15. The summed E-state index contributed by atoms with van der Waals surface area (Å²) in [4.78, 5) is 15.4. The number of oxazole rings is 1. The highest BCUT2D eigenvalue weighted by Crippen LogP contribution is 2.36. The lowest BCUT2D eigenvalue weighted by atomic mass is 10.1. The van der Waals surface area contributed by atoms with Gasteiger partial charge < -0.3 is 24.2 Å². The number of hydrogen-bond acceptors (Lipinski definition) is 6. The van der Waals surface area contributed by atoms with Crippen LogP contribution in [0.4, 0.5) is 0 Å². The first-order valence-corrected chi connectivity index (χ1v) is 7.68. The molecule has 0 aliphatic carbocycles. The Bertz CT molecular complexity index is 944. The standard InChI is InChI=1S/C18H14ClNO5/c1-24-15-8-10(7-12(19)17(15)23)6-11(9-16(21)22)18-20-13-4-2-3-5-14(13)25-18/h2-8,23H,9H2,1H3,(H,21,22)/p-1/b11-6+. The van der Waals surface area contributed by atoms with Crippen molar-refractivity contribution in [2.45, 2.75) is 6.42 Å². The second-order valence-electron chi connectivity index (χ2n) is 5.26. The van der Waals surface area contributed by atoms with Crippen molar-refractivity contribution in [2.24, 2.45) is 0 Å². The van der Waals surface area contributed by atoms with E-state index in [-0.39, 0.29) is 22.4 Å². The summed E-state index contributed by atoms with van der Waals surface area (Å²) < 4.78 is 10.7. The molecule has 0 fully saturated rings. The third-order valence-corrected chi connectivity index (χ3v) is 3.80. The molecule has 0 spiro atoms. The Labute approximate surface area is 147 Å². The van der Waals surface area contributed by atoms with Crippen molar-refractivity contribution in [1.82, 2.24) is 4.98 Å². The summed E-state index contributed by atoms with van der Waals surface area (Å²) in [5, 5.41) is 21.0. The van der Waals surface area contributed by atoms with Crippen molar-refractivity contribution < 1.29 is 24.2 Å². The number of carboxylic acids is 1. The molecule has 1 aromatic heterocycles. The lowest BCUT2D eigenvalue weighted by molar-refractivity contribution is -0.304. The van der Waals surface area contributed by atoms with Crippen LogP contribution in [0.15, 0.2) is 40.8 Å². The number of rotatable bonds is 5. The van der Waals surface area contributed by atoms with E-state index in [0.29, 0.717) is 22.2 Å². The van der Waals surface area contributed by atoms with E-state index in [9.17, 15) is 15.0 Å². The minimum absolute atomic E-state index is 0.0796. The number of carboxylic acid groups (broad SMARTS) is 1. The summed E-state index contributed by atoms with van der Waals surface area (Å²) in [7, 11) is 1.39. The summed E-state index contributed by atoms with van der Waals surface area (Å²) in [6, 6.07) is 10.1. The van der Waals surface area contributed by atoms with Gasteiger partial charge in [0.1, 0.15) is 5.52 Å². The predicted octanol–water partition coefficient (Wildman–Crippen LogP) is 2.88. The summed E-state index contributed by atoms with van der Waals surface area (Å²) in [6.45, 7) is 0. The number of phenolic OH excluding ortho intramolecular Hbond substituents is 1. The first kappa shape index (κ1) is 16.9. The Morgan fingerprint density at radius 2 is 2.16 bits per heavy atom. The van der Waals surface area contributed by atoms with Crippen LogP contribution < -0.4 is 9.84 Å². The van der Waals surface area contributed by atoms with Crippen molar-refractivity contribution in [3.63, 3.8) is 0 Å². The van der Waals surface area contributed by atoms with Crippen LogP contribution in [-0.2, 0) is 4.79 Å². The molecule has 0 aliphatic rings. The molecule has 3 rings (SSSR count). The molecule has 0 saturated carbocycles. The van der Waals surface area contributed by atoms with E-state index in [1.54, 1.807) is 30.3 Å². The van der Waals surface area contributed by atoms with Gasteiger partial charge in [0.15, 0.2) is 17.1 Å². The summed E-state index contributed by atoms with van der Waals surface area (Å²) in [5.41, 5.74) is 1.99. The van der Waals surface area contributed by atoms with E-state index in [1.165, 1.54) is 19.2 Å². The average Bonchev–Trinajstić information content (AvgIpc) is 3.01. The molecule has 25 heavy (non-hydrogen) atoms. The van der Waals surface area contributed by atoms with E-state index in [0.717, 1.165) is 0 Å². The van der Waals surface area contributed by atoms with Gasteiger partial charge in [-0.15, -0.1) is 0 Å². The highest BCUT2D eigenvalue weighted by molar-refractivity contribution is 6.32. The van der Waals surface area contributed by atoms with Crippen LogP contribution in [0.2, 0.25) is 5.02 Å². The second-order valence-corrected chi connectivity index (χ2v) is 5.67. The molecule has 1 N–H and O–H groups in total. The Morgan fingerprint density at radius 1 is 1.40 bits per heavy atom. The van der Waals surface area contributed by atoms with Crippen LogP contribution in [0.1, 0.15) is 17.9 Å². The smallest absolute Gasteiger partial charge is 0.223 e. The molecule has 0 amide bonds. The number of benzene rings is 2. The zero-order chi connectivity index (χ0) is 18.0. The van der Waals surface area contributed by atoms with Gasteiger partial charge in [0.2, 0.25) is 5.89 Å². The number of carbonyl (C=O) groups is 1. The predicted molar refractivity (Wildman–Crippen MR) is 91.2 cm³/mol. The zero-order valence-corrected chi connectivity index (χ0v) is 13.9. The van der Waals surface area contributed by atoms with Crippen LogP contribution in [0.25, 0.3) is 22.7 Å². The first-order chi connectivity index (χ1) is 12.0. The van der Waals surface area contributed by atoms with Crippen molar-refractivity contribution in [3.05, 3.63) is 52.9 Å². The maximum Gasteiger partial charge on any atom is 0.223 e. The van der Waals surface area contributed by atoms with Gasteiger partial charge in [-0.05, 0) is 35.9 Å². The van der Waals surface area contributed by atoms with E-state index in [4.69, 9.17) is 20.8 Å². The number of para-hydroxylation sites is 2. The third kappa shape index (κ3) is 3.59. The number of fused-ring (bicyclic) bond motifs is 1. The fourth-order valence-corrected chi connectivity index (χ4v) is 2.61. The molecule has 0 radical (unpaired) electrons. The molecule has 0 saturated heterocycles. The summed E-state index contributed by atoms with van der Waals surface area (Å²) >= 11 is 5.97. The number of hydrogen-bond donors (Lipinski definition) is 1. The lowest BCUT2D eigenvalue weighted by Crippen LogP contribution is -2.22. The van der Waals surface area contributed by atoms with Gasteiger partial charge in [-0.1, -0.05) is 23.7 Å². The molecule has 0 aliphatic heterocycles. The number of aromatic nitrogens is 1. The third-order valence-electron chi connectivity index (χ3n) is 3.51. The van der Waals surface area contributed by atoms with Crippen LogP contribution >= 0.6 is 11.6 Å². The minimum atomic E-state index is -1.27. The minimum Gasteiger partial charge on any atom is -0.550 e. The number of nitrogens with zero attached hydrogens (tertiary/aromatic N) is 1. The van der Waals surface area contributed by atoms with Crippen LogP contribution in [0.5, 0.6) is 11.5 Å². The Kier molecular flexibility index (Phi) is 4.63. The van der Waals surface area contributed by atoms with Gasteiger partial charge in [-0.25, -0.2) is 4.98 Å². The lowest BCUT2D eigenvalue weighted by Gasteiger charge is -2.08. The van der Waals surface area contributed by atoms with E-state index >= 15 is 0 Å². The van der Waals surface area contributed by atoms with Crippen molar-refractivity contribution >= 4 is 40.3 Å². The molecule has 0 atom stereocenters. The zero-order valence-electron chi connectivity index (χ0n) is 13.2. The van der Waals surface area contributed by atoms with Crippen molar-refractivity contribution in [2.75, 3.05) is 7.11 Å². The topological polar surface area (TPSA) is 95.6 Å². The fraction of sp³-hybridized carbons (Fsp3) is 0.111. The second kappa shape index (κ2) is 6.86. The number of methoxy groups -OCH3 is 1. The van der Waals surface area contributed by atoms with Crippen molar-refractivity contribution in [3.8, 4) is 11.5 Å². The Hall–Kier alpha value is -2.99. The number of aromatic hydroxyl groups is 1. The van der Waals surface area contributed by atoms with E-state index in [2.05, 4.69) is 4.98 Å². The fourth-order valence-electron chi connectivity index (χ4n) is 2.39. The first-order valence-electron chi connectivity index (χ1n) is 7.31. The number of phenols is 1. The molecule has 6 nitrogen and oxygen atoms in total. The maximum absolute atomic E-state index is 11.1. The van der Waals surface area contributed by atoms with Crippen LogP contribution in [-0.4, -0.2) is 23.2 Å². The normalized spacial score (nSPS) is 11.7. The Morgan fingerprint density at radius 3 is 2.84 bits per heavy atom. The van der Waals surface area contributed by atoms with E-state index < -0.39 is 12.4 Å². The number of carbonyl (C=O) groups excluding carboxylic acids is 1. The highest BCUT2D eigenvalue weighted by atomic mass is 35.5. The van der Waals surface area contributed by atoms with Crippen LogP contribution in [0, 0.1) is 0 Å². The molecule has 3 aromatic rings. The Balaban J connectivity index is 2.10. The van der Waals surface area contributed by atoms with Gasteiger partial charge in [0, 0.05) is 18.0 Å². The van der Waals surface area contributed by atoms with Crippen LogP contribution in [0.3, 0.4) is 0 Å². The monoisotopic (exact) mass is 358 g/mol. The number of halogens is 1. The molecule has 1 heterocycles. The SMILES string of the molecule is COc1cc(/C=C(\CC(=O)[O-])c2nc3ccccc3o2)cc(Cl)c1O. The van der Waals surface area contributed by atoms with Gasteiger partial charge in [0.25, 0.3) is 0 Å². The largest absolute Gasteiger partial charge is 0.550 e. The summed E-state index contributed by atoms with van der Waals surface area (Å²) in [5.74, 6) is -1.12. The number of aliphatic carboxylic acids is 1. The molecule has 0 unspecified atom stereocenters. The van der Waals surface area contributed by atoms with Gasteiger partial charge in [-0.3, -0.25) is 0 Å². The average molecular weight is 359 g/mol. The molecule has 128 valence electrons. The van der Waals surface area contributed by atoms with Gasteiger partial charge >= 0.3 is 0 Å². The van der Waals surface area contributed by atoms with Crippen molar-refractivity contribution in [1.29, 1.82) is 0 Å². The molecular weight excluding hydrogens is 346 g/mol. The highest BCUT2D eigenvalue weighted by Gasteiger charge is 2.13. The quantitative estimate of drug-likeness (QED) is 0.753. The van der Waals surface area contributed by atoms with Gasteiger partial charge in [-0.2, -0.15) is 0 Å². The van der Waals surface area contributed by atoms with E-state index in [1.807, 2.05) is 0 Å². The molecular formula is C18H13ClNO5-. The maximum atomic E-state index is 11.1. The van der Waals surface area contributed by atoms with Gasteiger partial charge in [0.05, 0.1) is 12.1 Å². The number of ether oxygens (including phenoxy) is 1. The molecule has 0 bridgehead atoms.